The molecule has 4 aromatic rings. The molecule has 2 heterocycles. The van der Waals surface area contributed by atoms with Gasteiger partial charge in [0.15, 0.2) is 11.2 Å². The fraction of sp³-hybridized carbons (Fsp3) is 0.0526. The van der Waals surface area contributed by atoms with Crippen LogP contribution in [0.2, 0.25) is 0 Å². The lowest BCUT2D eigenvalue weighted by atomic mass is 10.2. The van der Waals surface area contributed by atoms with Crippen molar-refractivity contribution in [2.24, 2.45) is 0 Å². The summed E-state index contributed by atoms with van der Waals surface area (Å²) in [6, 6.07) is 17.9. The van der Waals surface area contributed by atoms with E-state index in [1.54, 1.807) is 24.3 Å². The van der Waals surface area contributed by atoms with E-state index in [1.165, 1.54) is 17.4 Å². The molecule has 0 atom stereocenters. The predicted molar refractivity (Wildman–Crippen MR) is 99.6 cm³/mol. The zero-order valence-electron chi connectivity index (χ0n) is 13.5. The van der Waals surface area contributed by atoms with Crippen molar-refractivity contribution in [3.8, 4) is 0 Å². The van der Waals surface area contributed by atoms with Crippen LogP contribution in [0, 0.1) is 0 Å². The Hall–Kier alpha value is -3.32. The first-order valence-corrected chi connectivity index (χ1v) is 8.71. The van der Waals surface area contributed by atoms with Crippen molar-refractivity contribution >= 4 is 33.3 Å². The first kappa shape index (κ1) is 16.2. The molecular formula is C19H13N3O3S. The number of carbonyl (C=O) groups is 1. The maximum Gasteiger partial charge on any atom is 0.293 e. The molecule has 0 aliphatic carbocycles. The predicted octanol–water partition coefficient (Wildman–Crippen LogP) is 3.49. The van der Waals surface area contributed by atoms with Crippen LogP contribution in [0.1, 0.15) is 21.1 Å². The molecular weight excluding hydrogens is 350 g/mol. The molecule has 0 saturated heterocycles. The van der Waals surface area contributed by atoms with Crippen LogP contribution in [-0.4, -0.2) is 16.1 Å². The monoisotopic (exact) mass is 363 g/mol. The number of hydrogen-bond donors (Lipinski definition) is 1. The highest BCUT2D eigenvalue weighted by atomic mass is 32.1. The molecule has 2 aromatic heterocycles. The van der Waals surface area contributed by atoms with Crippen LogP contribution in [0.4, 0.5) is 5.13 Å². The maximum atomic E-state index is 12.4. The van der Waals surface area contributed by atoms with Gasteiger partial charge in [-0.3, -0.25) is 14.9 Å². The number of aromatic nitrogens is 2. The number of nitrogens with one attached hydrogen (secondary N) is 1. The first-order chi connectivity index (χ1) is 12.7. The number of amides is 1. The Morgan fingerprint density at radius 1 is 1.04 bits per heavy atom. The van der Waals surface area contributed by atoms with Crippen molar-refractivity contribution in [3.63, 3.8) is 0 Å². The summed E-state index contributed by atoms with van der Waals surface area (Å²) in [6.45, 7) is 0. The zero-order chi connectivity index (χ0) is 17.9. The molecule has 0 saturated carbocycles. The molecule has 0 unspecified atom stereocenters. The molecule has 0 aliphatic rings. The van der Waals surface area contributed by atoms with Gasteiger partial charge in [-0.25, -0.2) is 0 Å². The third-order valence-corrected chi connectivity index (χ3v) is 4.58. The summed E-state index contributed by atoms with van der Waals surface area (Å²) in [5.41, 5.74) is 1.22. The average molecular weight is 363 g/mol. The van der Waals surface area contributed by atoms with Gasteiger partial charge in [-0.15, -0.1) is 10.2 Å². The topological polar surface area (TPSA) is 85.1 Å². The van der Waals surface area contributed by atoms with Gasteiger partial charge < -0.3 is 4.42 Å². The average Bonchev–Trinajstić information content (AvgIpc) is 3.09. The van der Waals surface area contributed by atoms with E-state index in [0.29, 0.717) is 22.5 Å². The Morgan fingerprint density at radius 3 is 2.65 bits per heavy atom. The van der Waals surface area contributed by atoms with Crippen molar-refractivity contribution < 1.29 is 9.21 Å². The Kier molecular flexibility index (Phi) is 4.28. The minimum absolute atomic E-state index is 0.0616. The number of carbonyl (C=O) groups excluding carboxylic acids is 1. The molecule has 4 rings (SSSR count). The van der Waals surface area contributed by atoms with Gasteiger partial charge >= 0.3 is 0 Å². The lowest BCUT2D eigenvalue weighted by Gasteiger charge is -2.02. The van der Waals surface area contributed by atoms with E-state index < -0.39 is 5.91 Å². The zero-order valence-corrected chi connectivity index (χ0v) is 14.3. The molecule has 128 valence electrons. The molecule has 0 bridgehead atoms. The molecule has 0 aliphatic heterocycles. The fourth-order valence-corrected chi connectivity index (χ4v) is 3.29. The van der Waals surface area contributed by atoms with Crippen LogP contribution in [0.15, 0.2) is 69.9 Å². The standard InChI is InChI=1S/C19H13N3O3S/c23-14-11-16(25-15-9-5-4-8-13(14)15)18(24)20-19-22-21-17(26-19)10-12-6-2-1-3-7-12/h1-9,11H,10H2,(H,20,22,24). The van der Waals surface area contributed by atoms with Crippen LogP contribution < -0.4 is 10.7 Å². The number of anilines is 1. The minimum Gasteiger partial charge on any atom is -0.451 e. The normalized spacial score (nSPS) is 10.8. The Labute approximate surface area is 152 Å². The highest BCUT2D eigenvalue weighted by molar-refractivity contribution is 7.15. The van der Waals surface area contributed by atoms with Gasteiger partial charge in [0.05, 0.1) is 5.39 Å². The number of rotatable bonds is 4. The van der Waals surface area contributed by atoms with Gasteiger partial charge in [-0.1, -0.05) is 53.8 Å². The lowest BCUT2D eigenvalue weighted by molar-refractivity contribution is 0.0997. The van der Waals surface area contributed by atoms with Crippen LogP contribution in [-0.2, 0) is 6.42 Å². The van der Waals surface area contributed by atoms with Crippen molar-refractivity contribution in [2.45, 2.75) is 6.42 Å². The molecule has 26 heavy (non-hydrogen) atoms. The highest BCUT2D eigenvalue weighted by Crippen LogP contribution is 2.20. The van der Waals surface area contributed by atoms with Gasteiger partial charge in [0.2, 0.25) is 5.13 Å². The Morgan fingerprint density at radius 2 is 1.81 bits per heavy atom. The summed E-state index contributed by atoms with van der Waals surface area (Å²) in [5, 5.41) is 12.3. The van der Waals surface area contributed by atoms with Crippen molar-refractivity contribution in [1.29, 1.82) is 0 Å². The summed E-state index contributed by atoms with van der Waals surface area (Å²) in [4.78, 5) is 24.5. The molecule has 1 N–H and O–H groups in total. The smallest absolute Gasteiger partial charge is 0.293 e. The third-order valence-electron chi connectivity index (χ3n) is 3.74. The van der Waals surface area contributed by atoms with Crippen LogP contribution >= 0.6 is 11.3 Å². The van der Waals surface area contributed by atoms with E-state index >= 15 is 0 Å². The second-order valence-corrected chi connectivity index (χ2v) is 6.65. The van der Waals surface area contributed by atoms with E-state index in [-0.39, 0.29) is 11.2 Å². The quantitative estimate of drug-likeness (QED) is 0.600. The van der Waals surface area contributed by atoms with E-state index in [9.17, 15) is 9.59 Å². The largest absolute Gasteiger partial charge is 0.451 e. The SMILES string of the molecule is O=C(Nc1nnc(Cc2ccccc2)s1)c1cc(=O)c2ccccc2o1. The van der Waals surface area contributed by atoms with E-state index in [2.05, 4.69) is 15.5 Å². The summed E-state index contributed by atoms with van der Waals surface area (Å²) < 4.78 is 5.52. The molecule has 6 nitrogen and oxygen atoms in total. The highest BCUT2D eigenvalue weighted by Gasteiger charge is 2.15. The summed E-state index contributed by atoms with van der Waals surface area (Å²) in [6.07, 6.45) is 0.638. The molecule has 0 spiro atoms. The van der Waals surface area contributed by atoms with Crippen LogP contribution in [0.25, 0.3) is 11.0 Å². The van der Waals surface area contributed by atoms with Gasteiger partial charge in [-0.2, -0.15) is 0 Å². The second kappa shape index (κ2) is 6.89. The van der Waals surface area contributed by atoms with Crippen LogP contribution in [0.3, 0.4) is 0 Å². The molecule has 7 heteroatoms. The fourth-order valence-electron chi connectivity index (χ4n) is 2.52. The lowest BCUT2D eigenvalue weighted by Crippen LogP contribution is -2.14. The molecule has 0 radical (unpaired) electrons. The Balaban J connectivity index is 1.53. The first-order valence-electron chi connectivity index (χ1n) is 7.89. The molecule has 0 fully saturated rings. The number of para-hydroxylation sites is 1. The number of nitrogens with zero attached hydrogens (tertiary/aromatic N) is 2. The van der Waals surface area contributed by atoms with Gasteiger partial charge in [0, 0.05) is 12.5 Å². The number of hydrogen-bond acceptors (Lipinski definition) is 6. The maximum absolute atomic E-state index is 12.4. The summed E-state index contributed by atoms with van der Waals surface area (Å²) >= 11 is 1.28. The van der Waals surface area contributed by atoms with Crippen molar-refractivity contribution in [1.82, 2.24) is 10.2 Å². The van der Waals surface area contributed by atoms with E-state index in [4.69, 9.17) is 4.42 Å². The van der Waals surface area contributed by atoms with E-state index in [0.717, 1.165) is 10.6 Å². The van der Waals surface area contributed by atoms with Crippen LogP contribution in [0.5, 0.6) is 0 Å². The van der Waals surface area contributed by atoms with Gasteiger partial charge in [0.25, 0.3) is 5.91 Å². The number of benzene rings is 2. The van der Waals surface area contributed by atoms with Gasteiger partial charge in [0.1, 0.15) is 10.6 Å². The number of fused-ring (bicyclic) bond motifs is 1. The summed E-state index contributed by atoms with van der Waals surface area (Å²) in [5.74, 6) is -0.594. The minimum atomic E-state index is -0.532. The third kappa shape index (κ3) is 3.38. The molecule has 1 amide bonds. The van der Waals surface area contributed by atoms with Crippen molar-refractivity contribution in [3.05, 3.63) is 87.2 Å². The summed E-state index contributed by atoms with van der Waals surface area (Å²) in [7, 11) is 0. The Bertz CT molecular complexity index is 1140. The molecule has 2 aromatic carbocycles. The second-order valence-electron chi connectivity index (χ2n) is 5.59. The van der Waals surface area contributed by atoms with Crippen molar-refractivity contribution in [2.75, 3.05) is 5.32 Å². The van der Waals surface area contributed by atoms with E-state index in [1.807, 2.05) is 30.3 Å². The van der Waals surface area contributed by atoms with Gasteiger partial charge in [-0.05, 0) is 17.7 Å².